The summed E-state index contributed by atoms with van der Waals surface area (Å²) in [5, 5.41) is 7.49. The number of hydrogen-bond acceptors (Lipinski definition) is 4. The van der Waals surface area contributed by atoms with Crippen molar-refractivity contribution in [2.45, 2.75) is 45.9 Å². The van der Waals surface area contributed by atoms with Crippen molar-refractivity contribution in [1.29, 1.82) is 0 Å². The van der Waals surface area contributed by atoms with Gasteiger partial charge in [-0.1, -0.05) is 0 Å². The van der Waals surface area contributed by atoms with Gasteiger partial charge in [-0.15, -0.1) is 0 Å². The average Bonchev–Trinajstić information content (AvgIpc) is 3.15. The van der Waals surface area contributed by atoms with Gasteiger partial charge < -0.3 is 15.0 Å². The normalized spacial score (nSPS) is 18.2. The lowest BCUT2D eigenvalue weighted by atomic mass is 10.3. The molecule has 0 saturated carbocycles. The average molecular weight is 343 g/mol. The number of aryl methyl sites for hydroxylation is 2. The smallest absolute Gasteiger partial charge is 0.317 e. The molecule has 0 aromatic carbocycles. The van der Waals surface area contributed by atoms with Crippen LogP contribution in [0, 0.1) is 13.8 Å². The number of urea groups is 1. The number of carbonyl (C=O) groups excluding carboxylic acids is 1. The maximum Gasteiger partial charge on any atom is 0.317 e. The number of nitrogens with one attached hydrogen (secondary N) is 1. The van der Waals surface area contributed by atoms with Crippen molar-refractivity contribution in [2.75, 3.05) is 13.1 Å². The molecular formula is C18H25N5O2. The van der Waals surface area contributed by atoms with Crippen LogP contribution >= 0.6 is 0 Å². The van der Waals surface area contributed by atoms with E-state index in [0.29, 0.717) is 19.6 Å². The highest BCUT2D eigenvalue weighted by Crippen LogP contribution is 2.17. The van der Waals surface area contributed by atoms with E-state index in [-0.39, 0.29) is 18.2 Å². The summed E-state index contributed by atoms with van der Waals surface area (Å²) in [5.41, 5.74) is 2.09. The fraction of sp³-hybridized carbons (Fsp3) is 0.500. The number of likely N-dealkylation sites (tertiary alicyclic amines) is 1. The molecule has 25 heavy (non-hydrogen) atoms. The van der Waals surface area contributed by atoms with E-state index in [4.69, 9.17) is 4.74 Å². The van der Waals surface area contributed by atoms with Crippen LogP contribution in [0.1, 0.15) is 24.7 Å². The number of hydrogen-bond donors (Lipinski definition) is 1. The fourth-order valence-electron chi connectivity index (χ4n) is 3.09. The van der Waals surface area contributed by atoms with Crippen molar-refractivity contribution in [1.82, 2.24) is 25.0 Å². The van der Waals surface area contributed by atoms with Crippen LogP contribution in [-0.4, -0.2) is 50.9 Å². The van der Waals surface area contributed by atoms with Gasteiger partial charge in [-0.2, -0.15) is 5.10 Å². The van der Waals surface area contributed by atoms with Crippen LogP contribution in [0.15, 0.2) is 30.6 Å². The molecule has 7 heteroatoms. The summed E-state index contributed by atoms with van der Waals surface area (Å²) in [5.74, 6) is 0.743. The third-order valence-electron chi connectivity index (χ3n) is 4.29. The van der Waals surface area contributed by atoms with E-state index in [0.717, 1.165) is 23.6 Å². The second kappa shape index (κ2) is 7.55. The predicted octanol–water partition coefficient (Wildman–Crippen LogP) is 2.15. The summed E-state index contributed by atoms with van der Waals surface area (Å²) in [7, 11) is 0. The highest BCUT2D eigenvalue weighted by Gasteiger charge is 2.28. The predicted molar refractivity (Wildman–Crippen MR) is 94.5 cm³/mol. The zero-order valence-electron chi connectivity index (χ0n) is 15.0. The van der Waals surface area contributed by atoms with Crippen molar-refractivity contribution in [3.05, 3.63) is 42.0 Å². The lowest BCUT2D eigenvalue weighted by molar-refractivity contribution is 0.183. The minimum absolute atomic E-state index is 0.00351. The van der Waals surface area contributed by atoms with Gasteiger partial charge in [0.1, 0.15) is 11.9 Å². The molecule has 3 rings (SSSR count). The van der Waals surface area contributed by atoms with E-state index in [1.807, 2.05) is 43.7 Å². The maximum atomic E-state index is 12.5. The molecule has 0 radical (unpaired) electrons. The van der Waals surface area contributed by atoms with Crippen LogP contribution in [-0.2, 0) is 6.54 Å². The van der Waals surface area contributed by atoms with E-state index in [1.54, 1.807) is 17.3 Å². The van der Waals surface area contributed by atoms with Gasteiger partial charge in [0.05, 0.1) is 25.0 Å². The molecule has 134 valence electrons. The summed E-state index contributed by atoms with van der Waals surface area (Å²) in [4.78, 5) is 18.3. The number of ether oxygens (including phenoxy) is 1. The largest absolute Gasteiger partial charge is 0.487 e. The molecule has 0 aliphatic carbocycles. The lowest BCUT2D eigenvalue weighted by Gasteiger charge is -2.21. The van der Waals surface area contributed by atoms with Crippen molar-refractivity contribution >= 4 is 6.03 Å². The Morgan fingerprint density at radius 3 is 3.00 bits per heavy atom. The molecule has 2 amide bonds. The minimum atomic E-state index is -0.0497. The topological polar surface area (TPSA) is 72.3 Å². The summed E-state index contributed by atoms with van der Waals surface area (Å²) >= 11 is 0. The highest BCUT2D eigenvalue weighted by molar-refractivity contribution is 5.74. The summed E-state index contributed by atoms with van der Waals surface area (Å²) < 4.78 is 7.81. The SMILES string of the molecule is Cc1cc(C)n(C[C@@H](C)NC(=O)N2CC[C@@H](Oc3cccnc3)C2)n1. The Morgan fingerprint density at radius 1 is 1.48 bits per heavy atom. The third-order valence-corrected chi connectivity index (χ3v) is 4.29. The molecule has 2 atom stereocenters. The molecule has 1 N–H and O–H groups in total. The fourth-order valence-corrected chi connectivity index (χ4v) is 3.09. The van der Waals surface area contributed by atoms with E-state index < -0.39 is 0 Å². The van der Waals surface area contributed by atoms with Crippen LogP contribution in [0.3, 0.4) is 0 Å². The third kappa shape index (κ3) is 4.49. The van der Waals surface area contributed by atoms with Crippen LogP contribution in [0.5, 0.6) is 5.75 Å². The number of amides is 2. The number of aromatic nitrogens is 3. The standard InChI is InChI=1S/C18H25N5O2/c1-13-9-15(3)23(21-13)11-14(2)20-18(24)22-8-6-17(12-22)25-16-5-4-7-19-10-16/h4-5,7,9-10,14,17H,6,8,11-12H2,1-3H3,(H,20,24)/t14-,17-/m1/s1. The first-order valence-corrected chi connectivity index (χ1v) is 8.64. The Balaban J connectivity index is 1.47. The van der Waals surface area contributed by atoms with Crippen molar-refractivity contribution in [2.24, 2.45) is 0 Å². The Bertz CT molecular complexity index is 716. The van der Waals surface area contributed by atoms with Crippen LogP contribution < -0.4 is 10.1 Å². The highest BCUT2D eigenvalue weighted by atomic mass is 16.5. The van der Waals surface area contributed by atoms with Gasteiger partial charge in [0.15, 0.2) is 0 Å². The second-order valence-electron chi connectivity index (χ2n) is 6.62. The molecule has 0 spiro atoms. The van der Waals surface area contributed by atoms with Crippen LogP contribution in [0.25, 0.3) is 0 Å². The Hall–Kier alpha value is -2.57. The second-order valence-corrected chi connectivity index (χ2v) is 6.62. The van der Waals surface area contributed by atoms with Crippen LogP contribution in [0.4, 0.5) is 4.79 Å². The van der Waals surface area contributed by atoms with Gasteiger partial charge in [-0.25, -0.2) is 4.79 Å². The first-order valence-electron chi connectivity index (χ1n) is 8.64. The molecule has 3 heterocycles. The van der Waals surface area contributed by atoms with E-state index >= 15 is 0 Å². The van der Waals surface area contributed by atoms with E-state index in [9.17, 15) is 4.79 Å². The number of pyridine rings is 1. The molecule has 0 unspecified atom stereocenters. The van der Waals surface area contributed by atoms with E-state index in [2.05, 4.69) is 15.4 Å². The summed E-state index contributed by atoms with van der Waals surface area (Å²) in [6.45, 7) is 7.94. The van der Waals surface area contributed by atoms with Gasteiger partial charge in [0.25, 0.3) is 0 Å². The maximum absolute atomic E-state index is 12.5. The van der Waals surface area contributed by atoms with E-state index in [1.165, 1.54) is 0 Å². The van der Waals surface area contributed by atoms with Crippen molar-refractivity contribution < 1.29 is 9.53 Å². The number of carbonyl (C=O) groups is 1. The zero-order chi connectivity index (χ0) is 17.8. The Kier molecular flexibility index (Phi) is 5.21. The Labute approximate surface area is 148 Å². The quantitative estimate of drug-likeness (QED) is 0.903. The first-order chi connectivity index (χ1) is 12.0. The molecule has 1 aliphatic rings. The lowest BCUT2D eigenvalue weighted by Crippen LogP contribution is -2.44. The summed E-state index contributed by atoms with van der Waals surface area (Å²) in [6, 6.07) is 5.71. The van der Waals surface area contributed by atoms with Gasteiger partial charge in [-0.3, -0.25) is 9.67 Å². The number of nitrogens with zero attached hydrogens (tertiary/aromatic N) is 4. The van der Waals surface area contributed by atoms with Crippen LogP contribution in [0.2, 0.25) is 0 Å². The molecule has 2 aromatic rings. The van der Waals surface area contributed by atoms with Gasteiger partial charge in [0.2, 0.25) is 0 Å². The molecule has 1 fully saturated rings. The molecule has 0 bridgehead atoms. The zero-order valence-corrected chi connectivity index (χ0v) is 15.0. The summed E-state index contributed by atoms with van der Waals surface area (Å²) in [6.07, 6.45) is 4.25. The molecular weight excluding hydrogens is 318 g/mol. The van der Waals surface area contributed by atoms with Crippen molar-refractivity contribution in [3.63, 3.8) is 0 Å². The molecule has 2 aromatic heterocycles. The van der Waals surface area contributed by atoms with Gasteiger partial charge >= 0.3 is 6.03 Å². The van der Waals surface area contributed by atoms with Gasteiger partial charge in [0, 0.05) is 30.9 Å². The molecule has 1 aliphatic heterocycles. The Morgan fingerprint density at radius 2 is 2.32 bits per heavy atom. The van der Waals surface area contributed by atoms with Gasteiger partial charge in [-0.05, 0) is 39.0 Å². The van der Waals surface area contributed by atoms with Crippen molar-refractivity contribution in [3.8, 4) is 5.75 Å². The number of rotatable bonds is 5. The first kappa shape index (κ1) is 17.3. The molecule has 7 nitrogen and oxygen atoms in total. The molecule has 1 saturated heterocycles. The minimum Gasteiger partial charge on any atom is -0.487 e. The monoisotopic (exact) mass is 343 g/mol.